The van der Waals surface area contributed by atoms with Crippen molar-refractivity contribution in [3.63, 3.8) is 0 Å². The van der Waals surface area contributed by atoms with Crippen LogP contribution in [0, 0.1) is 11.8 Å². The van der Waals surface area contributed by atoms with E-state index in [0.717, 1.165) is 24.7 Å². The Morgan fingerprint density at radius 3 is 1.46 bits per heavy atom. The molecule has 0 atom stereocenters. The normalized spacial score (nSPS) is 17.7. The van der Waals surface area contributed by atoms with Crippen molar-refractivity contribution in [2.75, 3.05) is 6.67 Å². The topological polar surface area (TPSA) is 0 Å². The summed E-state index contributed by atoms with van der Waals surface area (Å²) in [5.41, 5.74) is 8.09. The molecule has 1 saturated carbocycles. The summed E-state index contributed by atoms with van der Waals surface area (Å²) in [6, 6.07) is 27.4. The van der Waals surface area contributed by atoms with Crippen molar-refractivity contribution in [1.82, 2.24) is 0 Å². The summed E-state index contributed by atoms with van der Waals surface area (Å²) < 4.78 is 12.3. The van der Waals surface area contributed by atoms with Crippen LogP contribution in [0.2, 0.25) is 0 Å². The molecule has 0 spiro atoms. The minimum atomic E-state index is -0.145. The van der Waals surface area contributed by atoms with Crippen molar-refractivity contribution in [2.45, 2.75) is 96.8 Å². The summed E-state index contributed by atoms with van der Waals surface area (Å²) in [7, 11) is 0. The molecular weight excluding hydrogens is 451 g/mol. The number of hydrogen-bond donors (Lipinski definition) is 0. The van der Waals surface area contributed by atoms with Crippen LogP contribution in [0.25, 0.3) is 22.3 Å². The van der Waals surface area contributed by atoms with Crippen molar-refractivity contribution >= 4 is 0 Å². The molecule has 198 valence electrons. The average molecular weight is 499 g/mol. The van der Waals surface area contributed by atoms with Gasteiger partial charge in [-0.15, -0.1) is 0 Å². The molecule has 3 aromatic carbocycles. The Kier molecular flexibility index (Phi) is 11.3. The van der Waals surface area contributed by atoms with E-state index in [1.165, 1.54) is 110 Å². The van der Waals surface area contributed by atoms with Crippen LogP contribution < -0.4 is 0 Å². The van der Waals surface area contributed by atoms with Gasteiger partial charge in [0, 0.05) is 0 Å². The van der Waals surface area contributed by atoms with E-state index in [1.807, 2.05) is 0 Å². The van der Waals surface area contributed by atoms with Gasteiger partial charge in [-0.25, -0.2) is 0 Å². The lowest BCUT2D eigenvalue weighted by molar-refractivity contribution is 0.248. The Hall–Kier alpha value is -2.41. The SMILES string of the molecule is CCCCCc1ccc(-c2ccc(-c3ccc(CCC4CCC(CCCCCF)CC4)cc3)cc2)cc1. The van der Waals surface area contributed by atoms with Crippen LogP contribution in [0.1, 0.15) is 95.1 Å². The van der Waals surface area contributed by atoms with Crippen molar-refractivity contribution in [1.29, 1.82) is 0 Å². The van der Waals surface area contributed by atoms with E-state index in [1.54, 1.807) is 0 Å². The summed E-state index contributed by atoms with van der Waals surface area (Å²) in [6.07, 6.45) is 17.5. The first-order valence-corrected chi connectivity index (χ1v) is 15.1. The highest BCUT2D eigenvalue weighted by Gasteiger charge is 2.20. The molecule has 1 aliphatic carbocycles. The molecule has 3 aromatic rings. The highest BCUT2D eigenvalue weighted by Crippen LogP contribution is 2.34. The van der Waals surface area contributed by atoms with Crippen molar-refractivity contribution in [3.8, 4) is 22.3 Å². The number of alkyl halides is 1. The highest BCUT2D eigenvalue weighted by molar-refractivity contribution is 5.70. The maximum absolute atomic E-state index is 12.3. The molecule has 0 aromatic heterocycles. The van der Waals surface area contributed by atoms with E-state index in [2.05, 4.69) is 79.7 Å². The number of hydrogen-bond acceptors (Lipinski definition) is 0. The van der Waals surface area contributed by atoms with Crippen LogP contribution in [-0.4, -0.2) is 6.67 Å². The van der Waals surface area contributed by atoms with Gasteiger partial charge >= 0.3 is 0 Å². The minimum absolute atomic E-state index is 0.145. The van der Waals surface area contributed by atoms with Gasteiger partial charge in [0.25, 0.3) is 0 Å². The van der Waals surface area contributed by atoms with Gasteiger partial charge in [0.05, 0.1) is 6.67 Å². The smallest absolute Gasteiger partial charge is 0.0894 e. The summed E-state index contributed by atoms with van der Waals surface area (Å²) in [5, 5.41) is 0. The van der Waals surface area contributed by atoms with Crippen molar-refractivity contribution in [3.05, 3.63) is 83.9 Å². The van der Waals surface area contributed by atoms with Crippen LogP contribution >= 0.6 is 0 Å². The quantitative estimate of drug-likeness (QED) is 0.194. The maximum Gasteiger partial charge on any atom is 0.0894 e. The molecule has 1 fully saturated rings. The fourth-order valence-electron chi connectivity index (χ4n) is 6.05. The molecule has 0 heterocycles. The average Bonchev–Trinajstić information content (AvgIpc) is 2.96. The van der Waals surface area contributed by atoms with Crippen LogP contribution in [0.5, 0.6) is 0 Å². The van der Waals surface area contributed by atoms with E-state index < -0.39 is 0 Å². The fraction of sp³-hybridized carbons (Fsp3) is 0.500. The lowest BCUT2D eigenvalue weighted by Crippen LogP contribution is -2.15. The molecule has 1 heteroatoms. The third kappa shape index (κ3) is 8.84. The van der Waals surface area contributed by atoms with Crippen LogP contribution in [0.15, 0.2) is 72.8 Å². The minimum Gasteiger partial charge on any atom is -0.251 e. The number of benzene rings is 3. The lowest BCUT2D eigenvalue weighted by Gasteiger charge is -2.28. The predicted molar refractivity (Wildman–Crippen MR) is 159 cm³/mol. The van der Waals surface area contributed by atoms with Gasteiger partial charge in [-0.2, -0.15) is 0 Å². The van der Waals surface area contributed by atoms with Crippen LogP contribution in [0.4, 0.5) is 4.39 Å². The molecule has 0 N–H and O–H groups in total. The molecular formula is C36H47F. The molecule has 0 bridgehead atoms. The van der Waals surface area contributed by atoms with E-state index in [9.17, 15) is 4.39 Å². The van der Waals surface area contributed by atoms with Crippen molar-refractivity contribution in [2.24, 2.45) is 11.8 Å². The third-order valence-electron chi connectivity index (χ3n) is 8.58. The van der Waals surface area contributed by atoms with Crippen LogP contribution in [0.3, 0.4) is 0 Å². The zero-order chi connectivity index (χ0) is 25.7. The number of aryl methyl sites for hydroxylation is 2. The van der Waals surface area contributed by atoms with Gasteiger partial charge < -0.3 is 0 Å². The number of rotatable bonds is 14. The lowest BCUT2D eigenvalue weighted by atomic mass is 9.78. The number of unbranched alkanes of at least 4 members (excludes halogenated alkanes) is 4. The first kappa shape index (κ1) is 27.6. The van der Waals surface area contributed by atoms with Gasteiger partial charge in [-0.05, 0) is 77.3 Å². The van der Waals surface area contributed by atoms with Crippen molar-refractivity contribution < 1.29 is 4.39 Å². The van der Waals surface area contributed by atoms with E-state index >= 15 is 0 Å². The second kappa shape index (κ2) is 15.1. The van der Waals surface area contributed by atoms with E-state index in [0.29, 0.717) is 0 Å². The summed E-state index contributed by atoms with van der Waals surface area (Å²) in [4.78, 5) is 0. The Morgan fingerprint density at radius 2 is 0.973 bits per heavy atom. The largest absolute Gasteiger partial charge is 0.251 e. The zero-order valence-electron chi connectivity index (χ0n) is 23.1. The first-order chi connectivity index (χ1) is 18.2. The van der Waals surface area contributed by atoms with E-state index in [-0.39, 0.29) is 6.67 Å². The predicted octanol–water partition coefficient (Wildman–Crippen LogP) is 11.0. The first-order valence-electron chi connectivity index (χ1n) is 15.1. The van der Waals surface area contributed by atoms with Gasteiger partial charge in [0.2, 0.25) is 0 Å². The Labute approximate surface area is 225 Å². The molecule has 37 heavy (non-hydrogen) atoms. The van der Waals surface area contributed by atoms with Crippen LogP contribution in [-0.2, 0) is 12.8 Å². The molecule has 0 unspecified atom stereocenters. The third-order valence-corrected chi connectivity index (χ3v) is 8.58. The molecule has 1 aliphatic rings. The standard InChI is InChI=1S/C36H47F/c1-2-3-5-8-30-16-20-33(21-17-30)35-24-26-36(27-25-35)34-22-18-32(19-23-34)15-14-31-12-10-29(11-13-31)9-6-4-7-28-37/h16-27,29,31H,2-15,28H2,1H3. The molecule has 0 radical (unpaired) electrons. The zero-order valence-corrected chi connectivity index (χ0v) is 23.1. The maximum atomic E-state index is 12.3. The molecule has 0 saturated heterocycles. The fourth-order valence-corrected chi connectivity index (χ4v) is 6.05. The van der Waals surface area contributed by atoms with E-state index in [4.69, 9.17) is 0 Å². The van der Waals surface area contributed by atoms with Gasteiger partial charge in [-0.1, -0.05) is 138 Å². The highest BCUT2D eigenvalue weighted by atomic mass is 19.1. The summed E-state index contributed by atoms with van der Waals surface area (Å²) in [5.74, 6) is 1.79. The Balaban J connectivity index is 1.22. The Bertz CT molecular complexity index is 1010. The molecule has 0 nitrogen and oxygen atoms in total. The second-order valence-electron chi connectivity index (χ2n) is 11.4. The van der Waals surface area contributed by atoms with Gasteiger partial charge in [0.15, 0.2) is 0 Å². The molecule has 4 rings (SSSR count). The summed E-state index contributed by atoms with van der Waals surface area (Å²) in [6.45, 7) is 2.12. The summed E-state index contributed by atoms with van der Waals surface area (Å²) >= 11 is 0. The molecule has 0 amide bonds. The monoisotopic (exact) mass is 498 g/mol. The number of halogens is 1. The van der Waals surface area contributed by atoms with Gasteiger partial charge in [-0.3, -0.25) is 4.39 Å². The Morgan fingerprint density at radius 1 is 0.514 bits per heavy atom. The van der Waals surface area contributed by atoms with Gasteiger partial charge in [0.1, 0.15) is 0 Å². The second-order valence-corrected chi connectivity index (χ2v) is 11.4. The molecule has 0 aliphatic heterocycles.